The molecule has 2 atom stereocenters. The van der Waals surface area contributed by atoms with Gasteiger partial charge in [-0.15, -0.1) is 0 Å². The third-order valence-corrected chi connectivity index (χ3v) is 1.87. The Labute approximate surface area is 50.6 Å². The molecule has 8 heavy (non-hydrogen) atoms. The lowest BCUT2D eigenvalue weighted by Gasteiger charge is -1.99. The molecule has 1 saturated carbocycles. The fourth-order valence-corrected chi connectivity index (χ4v) is 1.12. The molecule has 1 heteroatoms. The van der Waals surface area contributed by atoms with Gasteiger partial charge in [0.05, 0.1) is 0 Å². The highest BCUT2D eigenvalue weighted by molar-refractivity contribution is 5.19. The first-order valence-corrected chi connectivity index (χ1v) is 2.98. The Balaban J connectivity index is 2.48. The van der Waals surface area contributed by atoms with E-state index < -0.39 is 0 Å². The van der Waals surface area contributed by atoms with E-state index in [1.807, 2.05) is 6.92 Å². The molecule has 0 aromatic rings. The van der Waals surface area contributed by atoms with E-state index in [0.717, 1.165) is 6.42 Å². The molecular weight excluding hydrogens is 98.1 g/mol. The van der Waals surface area contributed by atoms with Gasteiger partial charge in [0, 0.05) is 5.54 Å². The summed E-state index contributed by atoms with van der Waals surface area (Å²) in [5, 5.41) is 0. The van der Waals surface area contributed by atoms with Gasteiger partial charge in [-0.05, 0) is 26.2 Å². The summed E-state index contributed by atoms with van der Waals surface area (Å²) in [7, 11) is 0. The predicted octanol–water partition coefficient (Wildman–Crippen LogP) is 1.30. The normalized spacial score (nSPS) is 44.1. The topological polar surface area (TPSA) is 26.0 Å². The maximum atomic E-state index is 5.75. The summed E-state index contributed by atoms with van der Waals surface area (Å²) in [5.41, 5.74) is 7.07. The van der Waals surface area contributed by atoms with E-state index in [9.17, 15) is 0 Å². The van der Waals surface area contributed by atoms with Crippen LogP contribution in [0, 0.1) is 5.92 Å². The molecule has 1 aliphatic rings. The van der Waals surface area contributed by atoms with Crippen LogP contribution in [-0.2, 0) is 0 Å². The van der Waals surface area contributed by atoms with Crippen LogP contribution in [-0.4, -0.2) is 5.54 Å². The molecule has 0 aromatic carbocycles. The van der Waals surface area contributed by atoms with E-state index in [1.54, 1.807) is 0 Å². The Bertz CT molecular complexity index is 124. The molecule has 0 radical (unpaired) electrons. The number of rotatable bonds is 1. The third-order valence-electron chi connectivity index (χ3n) is 1.87. The first-order valence-electron chi connectivity index (χ1n) is 2.98. The minimum absolute atomic E-state index is 0.0891. The van der Waals surface area contributed by atoms with Gasteiger partial charge in [0.2, 0.25) is 0 Å². The Morgan fingerprint density at radius 3 is 2.25 bits per heavy atom. The molecule has 0 spiro atoms. The average Bonchev–Trinajstić information content (AvgIpc) is 2.13. The summed E-state index contributed by atoms with van der Waals surface area (Å²) < 4.78 is 0. The van der Waals surface area contributed by atoms with Crippen molar-refractivity contribution < 1.29 is 0 Å². The van der Waals surface area contributed by atoms with Crippen molar-refractivity contribution >= 4 is 0 Å². The summed E-state index contributed by atoms with van der Waals surface area (Å²) in [5.74, 6) is 0.600. The van der Waals surface area contributed by atoms with E-state index >= 15 is 0 Å². The van der Waals surface area contributed by atoms with Crippen LogP contribution in [0.4, 0.5) is 0 Å². The summed E-state index contributed by atoms with van der Waals surface area (Å²) >= 11 is 0. The third kappa shape index (κ3) is 0.781. The van der Waals surface area contributed by atoms with Gasteiger partial charge in [0.25, 0.3) is 0 Å². The zero-order chi connectivity index (χ0) is 6.36. The lowest BCUT2D eigenvalue weighted by molar-refractivity contribution is 0.700. The van der Waals surface area contributed by atoms with Gasteiger partial charge in [0.15, 0.2) is 0 Å². The largest absolute Gasteiger partial charge is 0.325 e. The minimum Gasteiger partial charge on any atom is -0.325 e. The fourth-order valence-electron chi connectivity index (χ4n) is 1.12. The summed E-state index contributed by atoms with van der Waals surface area (Å²) in [4.78, 5) is 0. The number of nitrogens with two attached hydrogens (primary N) is 1. The van der Waals surface area contributed by atoms with Gasteiger partial charge in [-0.1, -0.05) is 12.2 Å². The van der Waals surface area contributed by atoms with Crippen LogP contribution < -0.4 is 5.73 Å². The van der Waals surface area contributed by atoms with Gasteiger partial charge >= 0.3 is 0 Å². The highest BCUT2D eigenvalue weighted by Crippen LogP contribution is 2.44. The monoisotopic (exact) mass is 111 g/mol. The van der Waals surface area contributed by atoms with E-state index in [-0.39, 0.29) is 5.54 Å². The first kappa shape index (κ1) is 5.83. The molecule has 46 valence electrons. The van der Waals surface area contributed by atoms with E-state index in [2.05, 4.69) is 13.5 Å². The fraction of sp³-hybridized carbons (Fsp3) is 0.714. The lowest BCUT2D eigenvalue weighted by atomic mass is 10.1. The second-order valence-corrected chi connectivity index (χ2v) is 3.11. The minimum atomic E-state index is 0.0891. The van der Waals surface area contributed by atoms with E-state index in [1.165, 1.54) is 5.57 Å². The number of hydrogen-bond acceptors (Lipinski definition) is 1. The molecule has 0 aromatic heterocycles. The maximum Gasteiger partial charge on any atom is 0.0198 e. The zero-order valence-electron chi connectivity index (χ0n) is 5.57. The average molecular weight is 111 g/mol. The second kappa shape index (κ2) is 1.35. The van der Waals surface area contributed by atoms with Gasteiger partial charge < -0.3 is 5.73 Å². The molecule has 1 aliphatic carbocycles. The molecule has 0 bridgehead atoms. The summed E-state index contributed by atoms with van der Waals surface area (Å²) in [6, 6.07) is 0. The summed E-state index contributed by atoms with van der Waals surface area (Å²) in [6.07, 6.45) is 1.13. The van der Waals surface area contributed by atoms with Gasteiger partial charge in [-0.25, -0.2) is 0 Å². The molecule has 2 N–H and O–H groups in total. The highest BCUT2D eigenvalue weighted by Gasteiger charge is 2.46. The lowest BCUT2D eigenvalue weighted by Crippen LogP contribution is -2.19. The molecule has 2 unspecified atom stereocenters. The van der Waals surface area contributed by atoms with Crippen LogP contribution in [0.3, 0.4) is 0 Å². The Morgan fingerprint density at radius 1 is 1.88 bits per heavy atom. The molecule has 1 rings (SSSR count). The van der Waals surface area contributed by atoms with Crippen molar-refractivity contribution in [2.45, 2.75) is 25.8 Å². The van der Waals surface area contributed by atoms with Crippen LogP contribution in [0.2, 0.25) is 0 Å². The van der Waals surface area contributed by atoms with Crippen LogP contribution in [0.1, 0.15) is 20.3 Å². The van der Waals surface area contributed by atoms with Crippen molar-refractivity contribution in [3.05, 3.63) is 12.2 Å². The molecule has 1 nitrogen and oxygen atoms in total. The van der Waals surface area contributed by atoms with Crippen LogP contribution in [0.15, 0.2) is 12.2 Å². The Morgan fingerprint density at radius 2 is 2.25 bits per heavy atom. The smallest absolute Gasteiger partial charge is 0.0198 e. The zero-order valence-corrected chi connectivity index (χ0v) is 5.57. The molecule has 0 heterocycles. The van der Waals surface area contributed by atoms with Crippen molar-refractivity contribution in [1.82, 2.24) is 0 Å². The number of hydrogen-bond donors (Lipinski definition) is 1. The van der Waals surface area contributed by atoms with Crippen molar-refractivity contribution in [2.75, 3.05) is 0 Å². The van der Waals surface area contributed by atoms with Crippen molar-refractivity contribution in [2.24, 2.45) is 11.7 Å². The van der Waals surface area contributed by atoms with E-state index in [4.69, 9.17) is 5.73 Å². The van der Waals surface area contributed by atoms with Crippen LogP contribution in [0.25, 0.3) is 0 Å². The maximum absolute atomic E-state index is 5.75. The molecule has 0 aliphatic heterocycles. The van der Waals surface area contributed by atoms with E-state index in [0.29, 0.717) is 5.92 Å². The first-order chi connectivity index (χ1) is 3.54. The van der Waals surface area contributed by atoms with Gasteiger partial charge in [-0.2, -0.15) is 0 Å². The van der Waals surface area contributed by atoms with Crippen molar-refractivity contribution in [1.29, 1.82) is 0 Å². The van der Waals surface area contributed by atoms with Gasteiger partial charge in [0.1, 0.15) is 0 Å². The highest BCUT2D eigenvalue weighted by atomic mass is 14.8. The Kier molecular flexibility index (Phi) is 0.984. The predicted molar refractivity (Wildman–Crippen MR) is 35.5 cm³/mol. The van der Waals surface area contributed by atoms with Crippen LogP contribution >= 0.6 is 0 Å². The standard InChI is InChI=1S/C7H13N/c1-5(2)6-4-7(6,3)8/h6H,1,4,8H2,2-3H3. The van der Waals surface area contributed by atoms with Crippen LogP contribution in [0.5, 0.6) is 0 Å². The van der Waals surface area contributed by atoms with Crippen molar-refractivity contribution in [3.8, 4) is 0 Å². The molecular formula is C7H13N. The quantitative estimate of drug-likeness (QED) is 0.507. The molecule has 0 amide bonds. The Hall–Kier alpha value is -0.300. The van der Waals surface area contributed by atoms with Crippen molar-refractivity contribution in [3.63, 3.8) is 0 Å². The van der Waals surface area contributed by atoms with Gasteiger partial charge in [-0.3, -0.25) is 0 Å². The molecule has 1 fully saturated rings. The second-order valence-electron chi connectivity index (χ2n) is 3.11. The summed E-state index contributed by atoms with van der Waals surface area (Å²) in [6.45, 7) is 7.95. The SMILES string of the molecule is C=C(C)C1CC1(C)N. The molecule has 0 saturated heterocycles.